The molecular formula is C21H26FN9O. The largest absolute Gasteiger partial charge is 0.365 e. The van der Waals surface area contributed by atoms with Crippen molar-refractivity contribution < 1.29 is 9.18 Å². The number of nitrogens with two attached hydrogens (primary N) is 2. The number of aryl methyl sites for hydroxylation is 1. The van der Waals surface area contributed by atoms with Crippen LogP contribution in [-0.4, -0.2) is 43.0 Å². The van der Waals surface area contributed by atoms with E-state index in [4.69, 9.17) is 11.5 Å². The third-order valence-corrected chi connectivity index (χ3v) is 5.56. The molecule has 11 heteroatoms. The number of primary amides is 1. The number of rotatable bonds is 9. The highest BCUT2D eigenvalue weighted by Gasteiger charge is 2.35. The van der Waals surface area contributed by atoms with E-state index < -0.39 is 11.7 Å². The molecule has 0 radical (unpaired) electrons. The Bertz CT molecular complexity index is 1110. The third kappa shape index (κ3) is 4.52. The average molecular weight is 439 g/mol. The summed E-state index contributed by atoms with van der Waals surface area (Å²) < 4.78 is 14.8. The summed E-state index contributed by atoms with van der Waals surface area (Å²) in [5, 5.41) is 14.4. The number of hydrogen-bond acceptors (Lipinski definition) is 8. The molecule has 0 aromatic carbocycles. The second kappa shape index (κ2) is 8.87. The minimum absolute atomic E-state index is 0.0207. The van der Waals surface area contributed by atoms with Gasteiger partial charge in [-0.3, -0.25) is 9.78 Å². The van der Waals surface area contributed by atoms with Crippen molar-refractivity contribution in [3.8, 4) is 5.69 Å². The summed E-state index contributed by atoms with van der Waals surface area (Å²) in [4.78, 5) is 22.1. The summed E-state index contributed by atoms with van der Waals surface area (Å²) in [5.41, 5.74) is 13.5. The smallest absolute Gasteiger partial charge is 0.252 e. The molecule has 1 aliphatic carbocycles. The van der Waals surface area contributed by atoms with Crippen molar-refractivity contribution in [1.29, 1.82) is 0 Å². The molecule has 168 valence electrons. The van der Waals surface area contributed by atoms with Crippen LogP contribution in [0.5, 0.6) is 0 Å². The molecular weight excluding hydrogens is 413 g/mol. The first-order chi connectivity index (χ1) is 15.4. The van der Waals surface area contributed by atoms with Crippen LogP contribution in [0.3, 0.4) is 0 Å². The zero-order valence-corrected chi connectivity index (χ0v) is 17.9. The van der Waals surface area contributed by atoms with Gasteiger partial charge < -0.3 is 22.1 Å². The first-order valence-corrected chi connectivity index (χ1v) is 10.5. The maximum Gasteiger partial charge on any atom is 0.252 e. The van der Waals surface area contributed by atoms with Gasteiger partial charge >= 0.3 is 0 Å². The van der Waals surface area contributed by atoms with E-state index in [0.717, 1.165) is 25.3 Å². The Morgan fingerprint density at radius 3 is 2.62 bits per heavy atom. The Hall–Kier alpha value is -3.60. The van der Waals surface area contributed by atoms with Crippen LogP contribution >= 0.6 is 0 Å². The normalized spacial score (nSPS) is 15.2. The van der Waals surface area contributed by atoms with Crippen LogP contribution in [-0.2, 0) is 0 Å². The number of nitrogens with zero attached hydrogens (tertiary/aromatic N) is 5. The zero-order chi connectivity index (χ0) is 22.8. The lowest BCUT2D eigenvalue weighted by Crippen LogP contribution is -2.42. The Balaban J connectivity index is 1.68. The molecule has 1 aliphatic rings. The van der Waals surface area contributed by atoms with Gasteiger partial charge in [0.05, 0.1) is 35.5 Å². The van der Waals surface area contributed by atoms with Crippen LogP contribution in [0.4, 0.5) is 21.7 Å². The fourth-order valence-electron chi connectivity index (χ4n) is 3.58. The van der Waals surface area contributed by atoms with E-state index in [-0.39, 0.29) is 29.3 Å². The van der Waals surface area contributed by atoms with Crippen LogP contribution in [0.2, 0.25) is 0 Å². The average Bonchev–Trinajstić information content (AvgIpc) is 3.47. The number of carbonyl (C=O) groups excluding carboxylic acids is 1. The quantitative estimate of drug-likeness (QED) is 0.397. The molecule has 32 heavy (non-hydrogen) atoms. The molecule has 0 aliphatic heterocycles. The molecule has 10 nitrogen and oxygen atoms in total. The number of halogens is 1. The zero-order valence-electron chi connectivity index (χ0n) is 17.9. The second-order valence-corrected chi connectivity index (χ2v) is 7.93. The standard InChI is InChI=1S/C21H26FN9O/c1-3-16(23)18(12-4-5-12)29-21-15(22)9-14(19(24)32)20(30-21)28-13-8-17(11(2)25-10-13)31-26-6-7-27-31/h6-10,12,16,18H,3-5,23H2,1-2H3,(H2,24,32)(H2,28,29,30)/t16-,18+/m0/s1. The first-order valence-electron chi connectivity index (χ1n) is 10.5. The number of carbonyl (C=O) groups is 1. The van der Waals surface area contributed by atoms with Crippen molar-refractivity contribution >= 4 is 23.2 Å². The van der Waals surface area contributed by atoms with E-state index in [0.29, 0.717) is 23.0 Å². The minimum Gasteiger partial charge on any atom is -0.365 e. The Morgan fingerprint density at radius 1 is 1.28 bits per heavy atom. The molecule has 3 aromatic rings. The van der Waals surface area contributed by atoms with Crippen LogP contribution in [0.25, 0.3) is 5.69 Å². The highest BCUT2D eigenvalue weighted by Crippen LogP contribution is 2.36. The molecule has 1 amide bonds. The number of anilines is 3. The van der Waals surface area contributed by atoms with Crippen molar-refractivity contribution in [3.05, 3.63) is 47.8 Å². The van der Waals surface area contributed by atoms with Gasteiger partial charge in [0.15, 0.2) is 11.6 Å². The molecule has 0 spiro atoms. The van der Waals surface area contributed by atoms with Gasteiger partial charge in [0, 0.05) is 12.1 Å². The monoisotopic (exact) mass is 439 g/mol. The van der Waals surface area contributed by atoms with E-state index in [9.17, 15) is 9.18 Å². The first kappa shape index (κ1) is 21.6. The molecule has 1 fully saturated rings. The number of pyridine rings is 2. The molecule has 1 saturated carbocycles. The summed E-state index contributed by atoms with van der Waals surface area (Å²) in [6.45, 7) is 3.82. The van der Waals surface area contributed by atoms with E-state index in [2.05, 4.69) is 30.8 Å². The van der Waals surface area contributed by atoms with Crippen molar-refractivity contribution in [3.63, 3.8) is 0 Å². The molecule has 3 heterocycles. The van der Waals surface area contributed by atoms with E-state index in [1.807, 2.05) is 13.8 Å². The van der Waals surface area contributed by atoms with Crippen molar-refractivity contribution in [1.82, 2.24) is 25.0 Å². The molecule has 0 unspecified atom stereocenters. The minimum atomic E-state index is -0.802. The lowest BCUT2D eigenvalue weighted by Gasteiger charge is -2.25. The fraction of sp³-hybridized carbons (Fsp3) is 0.381. The molecule has 2 atom stereocenters. The fourth-order valence-corrected chi connectivity index (χ4v) is 3.58. The van der Waals surface area contributed by atoms with Crippen LogP contribution in [0.1, 0.15) is 42.2 Å². The van der Waals surface area contributed by atoms with Gasteiger partial charge in [0.25, 0.3) is 5.91 Å². The predicted octanol–water partition coefficient (Wildman–Crippen LogP) is 2.28. The Morgan fingerprint density at radius 2 is 2.00 bits per heavy atom. The summed E-state index contributed by atoms with van der Waals surface area (Å²) >= 11 is 0. The Kier molecular flexibility index (Phi) is 5.99. The maximum absolute atomic E-state index is 14.8. The summed E-state index contributed by atoms with van der Waals surface area (Å²) in [6, 6.07) is 2.60. The topological polar surface area (TPSA) is 150 Å². The van der Waals surface area contributed by atoms with Gasteiger partial charge in [0.2, 0.25) is 0 Å². The van der Waals surface area contributed by atoms with Crippen molar-refractivity contribution in [2.75, 3.05) is 10.6 Å². The highest BCUT2D eigenvalue weighted by molar-refractivity contribution is 5.98. The van der Waals surface area contributed by atoms with Crippen LogP contribution in [0, 0.1) is 18.7 Å². The molecule has 3 aromatic heterocycles. The lowest BCUT2D eigenvalue weighted by molar-refractivity contribution is 0.100. The molecule has 0 bridgehead atoms. The van der Waals surface area contributed by atoms with Gasteiger partial charge in [-0.05, 0) is 44.2 Å². The Labute approximate surface area is 184 Å². The van der Waals surface area contributed by atoms with Gasteiger partial charge in [-0.1, -0.05) is 6.92 Å². The SMILES string of the molecule is CC[C@H](N)[C@H](Nc1nc(Nc2cnc(C)c(-n3nccn3)c2)c(C(N)=O)cc1F)C1CC1. The summed E-state index contributed by atoms with van der Waals surface area (Å²) in [7, 11) is 0. The van der Waals surface area contributed by atoms with E-state index in [1.165, 1.54) is 4.80 Å². The molecule has 0 saturated heterocycles. The number of aromatic nitrogens is 5. The van der Waals surface area contributed by atoms with Crippen LogP contribution < -0.4 is 22.1 Å². The van der Waals surface area contributed by atoms with Crippen molar-refractivity contribution in [2.24, 2.45) is 17.4 Å². The molecule has 6 N–H and O–H groups in total. The lowest BCUT2D eigenvalue weighted by atomic mass is 10.0. The van der Waals surface area contributed by atoms with Gasteiger partial charge in [0.1, 0.15) is 11.5 Å². The second-order valence-electron chi connectivity index (χ2n) is 7.93. The molecule has 4 rings (SSSR count). The maximum atomic E-state index is 14.8. The summed E-state index contributed by atoms with van der Waals surface area (Å²) in [5.74, 6) is -0.951. The number of nitrogens with one attached hydrogen (secondary N) is 2. The van der Waals surface area contributed by atoms with Gasteiger partial charge in [-0.2, -0.15) is 10.2 Å². The van der Waals surface area contributed by atoms with E-state index in [1.54, 1.807) is 24.7 Å². The van der Waals surface area contributed by atoms with Crippen LogP contribution in [0.15, 0.2) is 30.7 Å². The van der Waals surface area contributed by atoms with Gasteiger partial charge in [-0.15, -0.1) is 4.80 Å². The summed E-state index contributed by atoms with van der Waals surface area (Å²) in [6.07, 6.45) is 7.52. The highest BCUT2D eigenvalue weighted by atomic mass is 19.1. The van der Waals surface area contributed by atoms with Gasteiger partial charge in [-0.25, -0.2) is 9.37 Å². The third-order valence-electron chi connectivity index (χ3n) is 5.56. The number of hydrogen-bond donors (Lipinski definition) is 4. The number of amides is 1. The predicted molar refractivity (Wildman–Crippen MR) is 118 cm³/mol. The van der Waals surface area contributed by atoms with Crippen molar-refractivity contribution in [2.45, 2.75) is 45.2 Å². The van der Waals surface area contributed by atoms with E-state index >= 15 is 0 Å².